The fourth-order valence-electron chi connectivity index (χ4n) is 7.55. The first kappa shape index (κ1) is 51.9. The Hall–Kier alpha value is -1.14. The predicted octanol–water partition coefficient (Wildman–Crippen LogP) is 13.6. The van der Waals surface area contributed by atoms with Crippen molar-refractivity contribution in [3.05, 3.63) is 0 Å². The molecule has 6 heteroatoms. The van der Waals surface area contributed by atoms with Crippen molar-refractivity contribution in [3.63, 3.8) is 0 Å². The summed E-state index contributed by atoms with van der Waals surface area (Å²) in [5, 5.41) is 23.5. The zero-order chi connectivity index (χ0) is 38.9. The van der Waals surface area contributed by atoms with E-state index in [0.29, 0.717) is 19.3 Å². The van der Waals surface area contributed by atoms with Crippen LogP contribution in [0.1, 0.15) is 265 Å². The van der Waals surface area contributed by atoms with Crippen LogP contribution in [0.3, 0.4) is 0 Å². The van der Waals surface area contributed by atoms with Gasteiger partial charge in [0.15, 0.2) is 0 Å². The Labute approximate surface area is 330 Å². The Morgan fingerprint density at radius 3 is 1.15 bits per heavy atom. The number of hydrogen-bond donors (Lipinski definition) is 3. The summed E-state index contributed by atoms with van der Waals surface area (Å²) in [6.07, 6.45) is 43.3. The van der Waals surface area contributed by atoms with Gasteiger partial charge in [-0.05, 0) is 25.7 Å². The number of aliphatic hydroxyl groups excluding tert-OH is 2. The molecular weight excluding hydrogens is 659 g/mol. The summed E-state index contributed by atoms with van der Waals surface area (Å²) in [4.78, 5) is 25.9. The Kier molecular flexibility index (Phi) is 41.1. The molecule has 0 saturated carbocycles. The topological polar surface area (TPSA) is 95.9 Å². The van der Waals surface area contributed by atoms with E-state index in [-0.39, 0.29) is 24.9 Å². The van der Waals surface area contributed by atoms with Gasteiger partial charge in [-0.3, -0.25) is 9.59 Å². The molecule has 0 spiro atoms. The molecule has 0 aliphatic heterocycles. The van der Waals surface area contributed by atoms with E-state index in [1.165, 1.54) is 180 Å². The highest BCUT2D eigenvalue weighted by molar-refractivity contribution is 5.77. The molecule has 0 aromatic carbocycles. The molecule has 53 heavy (non-hydrogen) atoms. The minimum Gasteiger partial charge on any atom is -0.462 e. The number of esters is 1. The van der Waals surface area contributed by atoms with E-state index < -0.39 is 18.2 Å². The van der Waals surface area contributed by atoms with Crippen LogP contribution in [0.4, 0.5) is 0 Å². The van der Waals surface area contributed by atoms with Crippen molar-refractivity contribution in [2.45, 2.75) is 283 Å². The first-order valence-corrected chi connectivity index (χ1v) is 23.8. The van der Waals surface area contributed by atoms with Gasteiger partial charge < -0.3 is 20.3 Å². The van der Waals surface area contributed by atoms with Crippen LogP contribution >= 0.6 is 0 Å². The molecule has 3 unspecified atom stereocenters. The summed E-state index contributed by atoms with van der Waals surface area (Å²) < 4.78 is 5.88. The summed E-state index contributed by atoms with van der Waals surface area (Å²) in [5.74, 6) is -0.463. The number of carbonyl (C=O) groups excluding carboxylic acids is 2. The molecule has 3 atom stereocenters. The average Bonchev–Trinajstić information content (AvgIpc) is 3.15. The van der Waals surface area contributed by atoms with Crippen LogP contribution in [0.2, 0.25) is 0 Å². The molecule has 0 radical (unpaired) electrons. The van der Waals surface area contributed by atoms with Gasteiger partial charge in [0, 0.05) is 6.42 Å². The van der Waals surface area contributed by atoms with E-state index in [2.05, 4.69) is 26.1 Å². The number of carbonyl (C=O) groups is 2. The summed E-state index contributed by atoms with van der Waals surface area (Å²) in [6, 6.07) is -0.689. The summed E-state index contributed by atoms with van der Waals surface area (Å²) in [6.45, 7) is 6.45. The van der Waals surface area contributed by atoms with Gasteiger partial charge in [0.25, 0.3) is 0 Å². The first-order chi connectivity index (χ1) is 26.0. The van der Waals surface area contributed by atoms with E-state index in [0.717, 1.165) is 38.5 Å². The smallest absolute Gasteiger partial charge is 0.306 e. The summed E-state index contributed by atoms with van der Waals surface area (Å²) >= 11 is 0. The molecule has 0 bridgehead atoms. The fraction of sp³-hybridized carbons (Fsp3) is 0.957. The van der Waals surface area contributed by atoms with Crippen LogP contribution in [0.5, 0.6) is 0 Å². The zero-order valence-corrected chi connectivity index (χ0v) is 35.9. The van der Waals surface area contributed by atoms with E-state index in [9.17, 15) is 19.8 Å². The number of amides is 1. The zero-order valence-electron chi connectivity index (χ0n) is 35.9. The molecule has 316 valence electrons. The largest absolute Gasteiger partial charge is 0.462 e. The highest BCUT2D eigenvalue weighted by atomic mass is 16.5. The lowest BCUT2D eigenvalue weighted by Crippen LogP contribution is -2.46. The minimum atomic E-state index is -0.776. The molecule has 0 aromatic heterocycles. The van der Waals surface area contributed by atoms with Gasteiger partial charge in [-0.1, -0.05) is 226 Å². The van der Waals surface area contributed by atoms with Gasteiger partial charge in [-0.2, -0.15) is 0 Å². The van der Waals surface area contributed by atoms with Gasteiger partial charge in [-0.15, -0.1) is 0 Å². The maximum atomic E-state index is 13.0. The van der Waals surface area contributed by atoms with Crippen molar-refractivity contribution < 1.29 is 24.5 Å². The number of hydrogen-bond acceptors (Lipinski definition) is 5. The molecule has 0 saturated heterocycles. The Balaban J connectivity index is 4.30. The maximum absolute atomic E-state index is 13.0. The first-order valence-electron chi connectivity index (χ1n) is 23.8. The molecule has 0 aliphatic rings. The van der Waals surface area contributed by atoms with Crippen molar-refractivity contribution in [3.8, 4) is 0 Å². The quantitative estimate of drug-likeness (QED) is 0.0426. The van der Waals surface area contributed by atoms with Crippen LogP contribution < -0.4 is 5.32 Å². The third-order valence-corrected chi connectivity index (χ3v) is 11.2. The standard InChI is InChI=1S/C47H93NO5/c1-4-7-10-13-16-18-19-20-21-22-23-24-25-26-28-31-34-37-40-47(52)53-43(38-35-32-29-15-12-9-6-3)41-46(51)48-44(42-49)45(50)39-36-33-30-27-17-14-11-8-5-2/h43-45,49-50H,4-42H2,1-3H3,(H,48,51). The van der Waals surface area contributed by atoms with Crippen molar-refractivity contribution in [2.24, 2.45) is 0 Å². The van der Waals surface area contributed by atoms with Gasteiger partial charge in [-0.25, -0.2) is 0 Å². The van der Waals surface area contributed by atoms with Crippen molar-refractivity contribution >= 4 is 11.9 Å². The minimum absolute atomic E-state index is 0.0853. The second-order valence-electron chi connectivity index (χ2n) is 16.5. The van der Waals surface area contributed by atoms with Gasteiger partial charge >= 0.3 is 5.97 Å². The summed E-state index contributed by atoms with van der Waals surface area (Å²) in [5.41, 5.74) is 0. The van der Waals surface area contributed by atoms with Crippen LogP contribution in [0, 0.1) is 0 Å². The van der Waals surface area contributed by atoms with Gasteiger partial charge in [0.1, 0.15) is 6.10 Å². The number of unbranched alkanes of at least 4 members (excludes halogenated alkanes) is 31. The number of nitrogens with one attached hydrogen (secondary N) is 1. The fourth-order valence-corrected chi connectivity index (χ4v) is 7.55. The van der Waals surface area contributed by atoms with Gasteiger partial charge in [0.05, 0.1) is 25.2 Å². The van der Waals surface area contributed by atoms with Crippen molar-refractivity contribution in [2.75, 3.05) is 6.61 Å². The van der Waals surface area contributed by atoms with E-state index in [4.69, 9.17) is 4.74 Å². The van der Waals surface area contributed by atoms with Crippen LogP contribution in [0.25, 0.3) is 0 Å². The lowest BCUT2D eigenvalue weighted by atomic mass is 10.0. The SMILES string of the molecule is CCCCCCCCCCCCCCCCCCCCC(=O)OC(CCCCCCCCC)CC(=O)NC(CO)C(O)CCCCCCCCCCC. The van der Waals surface area contributed by atoms with E-state index in [1.54, 1.807) is 0 Å². The number of rotatable bonds is 43. The number of ether oxygens (including phenoxy) is 1. The lowest BCUT2D eigenvalue weighted by molar-refractivity contribution is -0.151. The predicted molar refractivity (Wildman–Crippen MR) is 227 cm³/mol. The second kappa shape index (κ2) is 42.0. The van der Waals surface area contributed by atoms with Crippen molar-refractivity contribution in [1.82, 2.24) is 5.32 Å². The Morgan fingerprint density at radius 2 is 0.792 bits per heavy atom. The van der Waals surface area contributed by atoms with Crippen LogP contribution in [0.15, 0.2) is 0 Å². The molecule has 1 amide bonds. The molecule has 0 heterocycles. The van der Waals surface area contributed by atoms with Gasteiger partial charge in [0.2, 0.25) is 5.91 Å². The molecule has 0 aromatic rings. The molecule has 0 aliphatic carbocycles. The molecule has 0 fully saturated rings. The van der Waals surface area contributed by atoms with Crippen LogP contribution in [-0.2, 0) is 14.3 Å². The highest BCUT2D eigenvalue weighted by Gasteiger charge is 2.24. The highest BCUT2D eigenvalue weighted by Crippen LogP contribution is 2.18. The molecule has 3 N–H and O–H groups in total. The third kappa shape index (κ3) is 37.6. The van der Waals surface area contributed by atoms with Crippen molar-refractivity contribution in [1.29, 1.82) is 0 Å². The van der Waals surface area contributed by atoms with E-state index in [1.807, 2.05) is 0 Å². The number of aliphatic hydroxyl groups is 2. The Morgan fingerprint density at radius 1 is 0.472 bits per heavy atom. The lowest BCUT2D eigenvalue weighted by Gasteiger charge is -2.24. The van der Waals surface area contributed by atoms with E-state index >= 15 is 0 Å². The van der Waals surface area contributed by atoms with Crippen LogP contribution in [-0.4, -0.2) is 46.9 Å². The Bertz CT molecular complexity index is 761. The monoisotopic (exact) mass is 752 g/mol. The molecule has 6 nitrogen and oxygen atoms in total. The molecular formula is C47H93NO5. The molecule has 0 rings (SSSR count). The second-order valence-corrected chi connectivity index (χ2v) is 16.5. The average molecular weight is 752 g/mol. The summed E-state index contributed by atoms with van der Waals surface area (Å²) in [7, 11) is 0. The third-order valence-electron chi connectivity index (χ3n) is 11.2. The normalized spacial score (nSPS) is 13.2. The maximum Gasteiger partial charge on any atom is 0.306 e.